The summed E-state index contributed by atoms with van der Waals surface area (Å²) in [4.78, 5) is 0. The van der Waals surface area contributed by atoms with E-state index in [4.69, 9.17) is 10.5 Å². The summed E-state index contributed by atoms with van der Waals surface area (Å²) in [7, 11) is 1.85. The molecule has 23 heavy (non-hydrogen) atoms. The first kappa shape index (κ1) is 16.0. The van der Waals surface area contributed by atoms with Crippen LogP contribution in [0.15, 0.2) is 40.9 Å². The van der Waals surface area contributed by atoms with Gasteiger partial charge in [0.1, 0.15) is 17.3 Å². The van der Waals surface area contributed by atoms with Crippen LogP contribution >= 0.6 is 15.9 Å². The fourth-order valence-electron chi connectivity index (χ4n) is 2.48. The topological polar surface area (TPSA) is 53.1 Å². The van der Waals surface area contributed by atoms with Gasteiger partial charge in [0.2, 0.25) is 0 Å². The van der Waals surface area contributed by atoms with E-state index in [1.165, 1.54) is 6.07 Å². The van der Waals surface area contributed by atoms with E-state index in [9.17, 15) is 4.39 Å². The molecule has 2 aromatic carbocycles. The van der Waals surface area contributed by atoms with Crippen LogP contribution in [-0.2, 0) is 7.05 Å². The minimum Gasteiger partial charge on any atom is -0.493 e. The fourth-order valence-corrected chi connectivity index (χ4v) is 2.83. The van der Waals surface area contributed by atoms with Gasteiger partial charge in [-0.15, -0.1) is 0 Å². The number of aromatic nitrogens is 2. The Hall–Kier alpha value is -1.92. The molecule has 0 radical (unpaired) electrons. The first-order valence-electron chi connectivity index (χ1n) is 7.35. The van der Waals surface area contributed by atoms with E-state index in [1.807, 2.05) is 25.2 Å². The largest absolute Gasteiger partial charge is 0.493 e. The van der Waals surface area contributed by atoms with Gasteiger partial charge >= 0.3 is 0 Å². The number of ether oxygens (including phenoxy) is 1. The minimum absolute atomic E-state index is 0.349. The van der Waals surface area contributed by atoms with Crippen LogP contribution in [0.4, 0.5) is 4.39 Å². The molecule has 6 heteroatoms. The Kier molecular flexibility index (Phi) is 4.63. The molecule has 0 fully saturated rings. The van der Waals surface area contributed by atoms with Gasteiger partial charge in [-0.2, -0.15) is 5.10 Å². The first-order chi connectivity index (χ1) is 11.1. The molecule has 2 N–H and O–H groups in total. The second kappa shape index (κ2) is 6.68. The third kappa shape index (κ3) is 3.23. The standard InChI is InChI=1S/C17H17BrFN3O/c1-22-16-9-11(18)3-5-14(16)17(21-22)13-6-4-12(10-15(13)19)23-8-2-7-20/h3-6,9-10H,2,7-8,20H2,1H3. The third-order valence-corrected chi connectivity index (χ3v) is 4.12. The SMILES string of the molecule is Cn1nc(-c2ccc(OCCCN)cc2F)c2ccc(Br)cc21. The highest BCUT2D eigenvalue weighted by molar-refractivity contribution is 9.10. The molecule has 1 aromatic heterocycles. The van der Waals surface area contributed by atoms with Gasteiger partial charge in [-0.1, -0.05) is 15.9 Å². The number of hydrogen-bond donors (Lipinski definition) is 1. The van der Waals surface area contributed by atoms with E-state index in [0.717, 1.165) is 21.8 Å². The highest BCUT2D eigenvalue weighted by Crippen LogP contribution is 2.32. The summed E-state index contributed by atoms with van der Waals surface area (Å²) in [5.41, 5.74) is 7.45. The van der Waals surface area contributed by atoms with Crippen molar-refractivity contribution < 1.29 is 9.13 Å². The zero-order chi connectivity index (χ0) is 16.4. The van der Waals surface area contributed by atoms with Crippen molar-refractivity contribution in [1.29, 1.82) is 0 Å². The Morgan fingerprint density at radius 2 is 2.09 bits per heavy atom. The normalized spacial score (nSPS) is 11.1. The summed E-state index contributed by atoms with van der Waals surface area (Å²) in [5.74, 6) is 0.154. The van der Waals surface area contributed by atoms with Crippen LogP contribution < -0.4 is 10.5 Å². The molecule has 1 heterocycles. The van der Waals surface area contributed by atoms with Gasteiger partial charge in [0.15, 0.2) is 0 Å². The Labute approximate surface area is 142 Å². The van der Waals surface area contributed by atoms with Crippen molar-refractivity contribution in [3.05, 3.63) is 46.7 Å². The van der Waals surface area contributed by atoms with Crippen molar-refractivity contribution >= 4 is 26.8 Å². The van der Waals surface area contributed by atoms with Crippen molar-refractivity contribution in [2.75, 3.05) is 13.2 Å². The summed E-state index contributed by atoms with van der Waals surface area (Å²) in [6, 6.07) is 10.7. The van der Waals surface area contributed by atoms with Crippen molar-refractivity contribution in [2.24, 2.45) is 12.8 Å². The number of fused-ring (bicyclic) bond motifs is 1. The Bertz CT molecular complexity index is 847. The Balaban J connectivity index is 1.99. The molecule has 0 aliphatic rings. The van der Waals surface area contributed by atoms with E-state index in [1.54, 1.807) is 16.8 Å². The smallest absolute Gasteiger partial charge is 0.136 e. The molecule has 120 valence electrons. The van der Waals surface area contributed by atoms with E-state index in [-0.39, 0.29) is 5.82 Å². The van der Waals surface area contributed by atoms with Crippen LogP contribution in [0.3, 0.4) is 0 Å². The zero-order valence-corrected chi connectivity index (χ0v) is 14.3. The second-order valence-electron chi connectivity index (χ2n) is 5.27. The maximum absolute atomic E-state index is 14.5. The average Bonchev–Trinajstić information content (AvgIpc) is 2.84. The maximum Gasteiger partial charge on any atom is 0.136 e. The van der Waals surface area contributed by atoms with Gasteiger partial charge in [0.05, 0.1) is 12.1 Å². The molecule has 3 rings (SSSR count). The molecule has 4 nitrogen and oxygen atoms in total. The van der Waals surface area contributed by atoms with Gasteiger partial charge in [-0.3, -0.25) is 4.68 Å². The van der Waals surface area contributed by atoms with Crippen LogP contribution in [0.25, 0.3) is 22.2 Å². The quantitative estimate of drug-likeness (QED) is 0.686. The predicted molar refractivity (Wildman–Crippen MR) is 93.0 cm³/mol. The van der Waals surface area contributed by atoms with E-state index >= 15 is 0 Å². The molecule has 0 aliphatic carbocycles. The Morgan fingerprint density at radius 3 is 2.83 bits per heavy atom. The molecule has 0 aliphatic heterocycles. The van der Waals surface area contributed by atoms with Crippen molar-refractivity contribution in [2.45, 2.75) is 6.42 Å². The predicted octanol–water partition coefficient (Wildman–Crippen LogP) is 3.87. The van der Waals surface area contributed by atoms with E-state index in [0.29, 0.717) is 30.2 Å². The summed E-state index contributed by atoms with van der Waals surface area (Å²) in [5, 5.41) is 5.37. The summed E-state index contributed by atoms with van der Waals surface area (Å²) < 4.78 is 22.7. The van der Waals surface area contributed by atoms with Crippen LogP contribution in [0.2, 0.25) is 0 Å². The van der Waals surface area contributed by atoms with Gasteiger partial charge in [-0.05, 0) is 43.3 Å². The number of aryl methyl sites for hydroxylation is 1. The number of nitrogens with two attached hydrogens (primary N) is 1. The van der Waals surface area contributed by atoms with Crippen molar-refractivity contribution in [3.8, 4) is 17.0 Å². The molecule has 0 unspecified atom stereocenters. The highest BCUT2D eigenvalue weighted by Gasteiger charge is 2.15. The number of benzene rings is 2. The van der Waals surface area contributed by atoms with Gasteiger partial charge in [-0.25, -0.2) is 4.39 Å². The van der Waals surface area contributed by atoms with Crippen LogP contribution in [-0.4, -0.2) is 22.9 Å². The fraction of sp³-hybridized carbons (Fsp3) is 0.235. The average molecular weight is 378 g/mol. The lowest BCUT2D eigenvalue weighted by Gasteiger charge is -2.07. The van der Waals surface area contributed by atoms with E-state index in [2.05, 4.69) is 21.0 Å². The number of nitrogens with zero attached hydrogens (tertiary/aromatic N) is 2. The third-order valence-electron chi connectivity index (χ3n) is 3.63. The molecule has 3 aromatic rings. The number of rotatable bonds is 5. The lowest BCUT2D eigenvalue weighted by atomic mass is 10.1. The van der Waals surface area contributed by atoms with Gasteiger partial charge in [0, 0.05) is 28.5 Å². The molecule has 0 amide bonds. The maximum atomic E-state index is 14.5. The summed E-state index contributed by atoms with van der Waals surface area (Å²) in [6.45, 7) is 1.03. The summed E-state index contributed by atoms with van der Waals surface area (Å²) >= 11 is 3.45. The first-order valence-corrected chi connectivity index (χ1v) is 8.14. The molecule has 0 atom stereocenters. The van der Waals surface area contributed by atoms with Crippen molar-refractivity contribution in [3.63, 3.8) is 0 Å². The second-order valence-corrected chi connectivity index (χ2v) is 6.18. The lowest BCUT2D eigenvalue weighted by molar-refractivity contribution is 0.312. The van der Waals surface area contributed by atoms with Crippen LogP contribution in [0.1, 0.15) is 6.42 Å². The van der Waals surface area contributed by atoms with Crippen LogP contribution in [0, 0.1) is 5.82 Å². The molecule has 0 spiro atoms. The minimum atomic E-state index is -0.349. The lowest BCUT2D eigenvalue weighted by Crippen LogP contribution is -2.06. The highest BCUT2D eigenvalue weighted by atomic mass is 79.9. The molecular formula is C17H17BrFN3O. The molecular weight excluding hydrogens is 361 g/mol. The van der Waals surface area contributed by atoms with Gasteiger partial charge in [0.25, 0.3) is 0 Å². The van der Waals surface area contributed by atoms with Crippen LogP contribution in [0.5, 0.6) is 5.75 Å². The molecule has 0 saturated heterocycles. The number of hydrogen-bond acceptors (Lipinski definition) is 3. The van der Waals surface area contributed by atoms with Crippen molar-refractivity contribution in [1.82, 2.24) is 9.78 Å². The summed E-state index contributed by atoms with van der Waals surface area (Å²) in [6.07, 6.45) is 0.739. The van der Waals surface area contributed by atoms with Gasteiger partial charge < -0.3 is 10.5 Å². The molecule has 0 saturated carbocycles. The van der Waals surface area contributed by atoms with E-state index < -0.39 is 0 Å². The Morgan fingerprint density at radius 1 is 1.26 bits per heavy atom. The zero-order valence-electron chi connectivity index (χ0n) is 12.7. The number of halogens is 2. The molecule has 0 bridgehead atoms. The monoisotopic (exact) mass is 377 g/mol.